The minimum Gasteiger partial charge on any atom is -0.347 e. The first-order valence-electron chi connectivity index (χ1n) is 7.88. The Kier molecular flexibility index (Phi) is 5.51. The van der Waals surface area contributed by atoms with Crippen LogP contribution in [0.2, 0.25) is 0 Å². The van der Waals surface area contributed by atoms with E-state index < -0.39 is 25.2 Å². The number of rotatable bonds is 6. The monoisotopic (exact) mass is 342 g/mol. The maximum absolute atomic E-state index is 12.0. The molecule has 0 aliphatic heterocycles. The number of halogens is 3. The van der Waals surface area contributed by atoms with Crippen LogP contribution in [-0.2, 0) is 9.59 Å². The Hall–Kier alpha value is -2.05. The largest absolute Gasteiger partial charge is 0.405 e. The van der Waals surface area contributed by atoms with Gasteiger partial charge in [0.25, 0.3) is 0 Å². The Bertz CT molecular complexity index is 597. The predicted molar refractivity (Wildman–Crippen MR) is 83.5 cm³/mol. The summed E-state index contributed by atoms with van der Waals surface area (Å²) < 4.78 is 35.9. The lowest BCUT2D eigenvalue weighted by Gasteiger charge is -2.09. The highest BCUT2D eigenvalue weighted by atomic mass is 19.4. The third kappa shape index (κ3) is 5.25. The second kappa shape index (κ2) is 7.23. The van der Waals surface area contributed by atoms with Gasteiger partial charge in [-0.2, -0.15) is 13.2 Å². The number of benzene rings is 1. The Morgan fingerprint density at radius 2 is 1.79 bits per heavy atom. The van der Waals surface area contributed by atoms with E-state index in [-0.39, 0.29) is 17.7 Å². The molecule has 0 saturated heterocycles. The first-order valence-corrected chi connectivity index (χ1v) is 7.88. The van der Waals surface area contributed by atoms with E-state index in [1.165, 1.54) is 5.56 Å². The minimum absolute atomic E-state index is 0.115. The third-order valence-corrected chi connectivity index (χ3v) is 4.07. The topological polar surface area (TPSA) is 58.2 Å². The molecule has 0 radical (unpaired) electrons. The maximum atomic E-state index is 12.0. The molecular weight excluding hydrogens is 321 g/mol. The number of hydrogen-bond donors (Lipinski definition) is 2. The fourth-order valence-electron chi connectivity index (χ4n) is 2.54. The lowest BCUT2D eigenvalue weighted by Crippen LogP contribution is -2.41. The number of alkyl halides is 3. The molecule has 1 aliphatic rings. The van der Waals surface area contributed by atoms with Crippen molar-refractivity contribution in [3.63, 3.8) is 0 Å². The summed E-state index contributed by atoms with van der Waals surface area (Å²) in [5.41, 5.74) is 2.29. The number of hydrogen-bond acceptors (Lipinski definition) is 2. The quantitative estimate of drug-likeness (QED) is 0.835. The van der Waals surface area contributed by atoms with E-state index in [9.17, 15) is 22.8 Å². The average Bonchev–Trinajstić information content (AvgIpc) is 3.30. The molecule has 1 saturated carbocycles. The van der Waals surface area contributed by atoms with E-state index in [1.807, 2.05) is 24.3 Å². The highest BCUT2D eigenvalue weighted by Gasteiger charge is 2.43. The lowest BCUT2D eigenvalue weighted by molar-refractivity contribution is -0.138. The van der Waals surface area contributed by atoms with Crippen LogP contribution in [0, 0.1) is 5.92 Å². The Morgan fingerprint density at radius 1 is 1.17 bits per heavy atom. The van der Waals surface area contributed by atoms with Crippen LogP contribution in [0.1, 0.15) is 43.2 Å². The van der Waals surface area contributed by atoms with Gasteiger partial charge in [0, 0.05) is 5.92 Å². The average molecular weight is 342 g/mol. The first-order chi connectivity index (χ1) is 11.2. The Morgan fingerprint density at radius 3 is 2.33 bits per heavy atom. The second-order valence-corrected chi connectivity index (χ2v) is 6.38. The zero-order valence-corrected chi connectivity index (χ0v) is 13.6. The van der Waals surface area contributed by atoms with Crippen LogP contribution in [0.3, 0.4) is 0 Å². The summed E-state index contributed by atoms with van der Waals surface area (Å²) in [5, 5.41) is 4.11. The van der Waals surface area contributed by atoms with Crippen molar-refractivity contribution in [3.05, 3.63) is 35.4 Å². The highest BCUT2D eigenvalue weighted by molar-refractivity contribution is 5.87. The lowest BCUT2D eigenvalue weighted by atomic mass is 10.00. The standard InChI is InChI=1S/C17H21F3N2O2/c1-10(2)11-3-5-12(6-4-11)13-7-14(13)16(24)21-8-15(23)22-9-17(18,19)20/h3-6,10,13-14H,7-9H2,1-2H3,(H,21,24)(H,22,23)/t13-,14+/m0/s1. The summed E-state index contributed by atoms with van der Waals surface area (Å²) in [4.78, 5) is 23.2. The SMILES string of the molecule is CC(C)c1ccc([C@@H]2C[C@H]2C(=O)NCC(=O)NCC(F)(F)F)cc1. The number of nitrogens with one attached hydrogen (secondary N) is 2. The van der Waals surface area contributed by atoms with Gasteiger partial charge in [-0.15, -0.1) is 0 Å². The van der Waals surface area contributed by atoms with Crippen molar-refractivity contribution in [1.29, 1.82) is 0 Å². The van der Waals surface area contributed by atoms with Crippen molar-refractivity contribution >= 4 is 11.8 Å². The van der Waals surface area contributed by atoms with Crippen LogP contribution in [0.15, 0.2) is 24.3 Å². The summed E-state index contributed by atoms with van der Waals surface area (Å²) in [6.07, 6.45) is -3.76. The molecule has 2 atom stereocenters. The highest BCUT2D eigenvalue weighted by Crippen LogP contribution is 2.47. The van der Waals surface area contributed by atoms with Crippen LogP contribution in [0.5, 0.6) is 0 Å². The van der Waals surface area contributed by atoms with E-state index in [0.717, 1.165) is 5.56 Å². The van der Waals surface area contributed by atoms with Gasteiger partial charge in [0.1, 0.15) is 6.54 Å². The van der Waals surface area contributed by atoms with Gasteiger partial charge >= 0.3 is 6.18 Å². The molecule has 24 heavy (non-hydrogen) atoms. The summed E-state index contributed by atoms with van der Waals surface area (Å²) in [7, 11) is 0. The van der Waals surface area contributed by atoms with E-state index in [0.29, 0.717) is 12.3 Å². The summed E-state index contributed by atoms with van der Waals surface area (Å²) in [6.45, 7) is 2.37. The fourth-order valence-corrected chi connectivity index (χ4v) is 2.54. The van der Waals surface area contributed by atoms with Crippen LogP contribution in [0.25, 0.3) is 0 Å². The molecule has 4 nitrogen and oxygen atoms in total. The molecule has 1 fully saturated rings. The van der Waals surface area contributed by atoms with Crippen LogP contribution >= 0.6 is 0 Å². The zero-order valence-electron chi connectivity index (χ0n) is 13.6. The maximum Gasteiger partial charge on any atom is 0.405 e. The van der Waals surface area contributed by atoms with Crippen LogP contribution < -0.4 is 10.6 Å². The molecule has 1 aliphatic carbocycles. The predicted octanol–water partition coefficient (Wildman–Crippen LogP) is 2.71. The van der Waals surface area contributed by atoms with Crippen LogP contribution in [-0.4, -0.2) is 31.1 Å². The van der Waals surface area contributed by atoms with Crippen molar-refractivity contribution in [2.75, 3.05) is 13.1 Å². The van der Waals surface area contributed by atoms with Crippen molar-refractivity contribution in [2.24, 2.45) is 5.92 Å². The number of amides is 2. The van der Waals surface area contributed by atoms with E-state index in [2.05, 4.69) is 19.2 Å². The van der Waals surface area contributed by atoms with Gasteiger partial charge in [0.2, 0.25) is 11.8 Å². The molecule has 2 amide bonds. The van der Waals surface area contributed by atoms with Gasteiger partial charge in [0.15, 0.2) is 0 Å². The first kappa shape index (κ1) is 18.3. The summed E-state index contributed by atoms with van der Waals surface area (Å²) in [5.74, 6) is -0.809. The minimum atomic E-state index is -4.45. The Balaban J connectivity index is 1.76. The molecule has 0 heterocycles. The molecule has 7 heteroatoms. The zero-order chi connectivity index (χ0) is 17.9. The van der Waals surface area contributed by atoms with Gasteiger partial charge in [-0.25, -0.2) is 0 Å². The van der Waals surface area contributed by atoms with Gasteiger partial charge in [-0.3, -0.25) is 9.59 Å². The molecule has 0 bridgehead atoms. The van der Waals surface area contributed by atoms with E-state index in [1.54, 1.807) is 5.32 Å². The third-order valence-electron chi connectivity index (χ3n) is 4.07. The van der Waals surface area contributed by atoms with E-state index >= 15 is 0 Å². The molecule has 0 aromatic heterocycles. The smallest absolute Gasteiger partial charge is 0.347 e. The van der Waals surface area contributed by atoms with Gasteiger partial charge in [-0.05, 0) is 29.4 Å². The Labute approximate surface area is 138 Å². The van der Waals surface area contributed by atoms with Crippen molar-refractivity contribution in [3.8, 4) is 0 Å². The van der Waals surface area contributed by atoms with E-state index in [4.69, 9.17) is 0 Å². The molecule has 0 unspecified atom stereocenters. The van der Waals surface area contributed by atoms with Crippen LogP contribution in [0.4, 0.5) is 13.2 Å². The fraction of sp³-hybridized carbons (Fsp3) is 0.529. The number of carbonyl (C=O) groups is 2. The summed E-state index contributed by atoms with van der Waals surface area (Å²) >= 11 is 0. The summed E-state index contributed by atoms with van der Waals surface area (Å²) in [6, 6.07) is 8.09. The number of carbonyl (C=O) groups excluding carboxylic acids is 2. The van der Waals surface area contributed by atoms with Gasteiger partial charge < -0.3 is 10.6 Å². The van der Waals surface area contributed by atoms with Crippen molar-refractivity contribution in [2.45, 2.75) is 38.3 Å². The molecule has 0 spiro atoms. The molecule has 132 valence electrons. The molecule has 1 aromatic rings. The van der Waals surface area contributed by atoms with Crippen molar-refractivity contribution < 1.29 is 22.8 Å². The molecule has 1 aromatic carbocycles. The second-order valence-electron chi connectivity index (χ2n) is 6.38. The van der Waals surface area contributed by atoms with Gasteiger partial charge in [0.05, 0.1) is 6.54 Å². The van der Waals surface area contributed by atoms with Crippen molar-refractivity contribution in [1.82, 2.24) is 10.6 Å². The molecule has 2 N–H and O–H groups in total. The normalized spacial score (nSPS) is 19.9. The molecular formula is C17H21F3N2O2. The molecule has 2 rings (SSSR count). The van der Waals surface area contributed by atoms with Gasteiger partial charge in [-0.1, -0.05) is 38.1 Å².